The standard InChI is InChI=1S/C14H9BrN2O3/c1-9-2-4-14(12(6-9)17(18)19)20-13-5-3-10(8-16)7-11(13)15/h2-7H,1H3. The van der Waals surface area contributed by atoms with Gasteiger partial charge >= 0.3 is 5.69 Å². The first kappa shape index (κ1) is 14.0. The summed E-state index contributed by atoms with van der Waals surface area (Å²) in [6.45, 7) is 1.77. The number of halogens is 1. The van der Waals surface area contributed by atoms with Gasteiger partial charge in [-0.25, -0.2) is 0 Å². The molecule has 0 unspecified atom stereocenters. The predicted octanol–water partition coefficient (Wildman–Crippen LogP) is 4.33. The summed E-state index contributed by atoms with van der Waals surface area (Å²) in [5.41, 5.74) is 1.16. The maximum absolute atomic E-state index is 11.0. The molecule has 0 radical (unpaired) electrons. The van der Waals surface area contributed by atoms with E-state index in [2.05, 4.69) is 15.9 Å². The van der Waals surface area contributed by atoms with Crippen LogP contribution in [0.15, 0.2) is 40.9 Å². The fourth-order valence-corrected chi connectivity index (χ4v) is 2.09. The van der Waals surface area contributed by atoms with Gasteiger partial charge in [0.25, 0.3) is 0 Å². The zero-order valence-corrected chi connectivity index (χ0v) is 12.0. The molecule has 0 aliphatic rings. The molecule has 5 nitrogen and oxygen atoms in total. The molecule has 0 amide bonds. The molecule has 0 saturated heterocycles. The largest absolute Gasteiger partial charge is 0.449 e. The zero-order chi connectivity index (χ0) is 14.7. The van der Waals surface area contributed by atoms with Crippen LogP contribution < -0.4 is 4.74 Å². The summed E-state index contributed by atoms with van der Waals surface area (Å²) < 4.78 is 6.12. The van der Waals surface area contributed by atoms with E-state index in [1.807, 2.05) is 6.07 Å². The van der Waals surface area contributed by atoms with Crippen molar-refractivity contribution in [1.29, 1.82) is 5.26 Å². The Morgan fingerprint density at radius 1 is 1.25 bits per heavy atom. The summed E-state index contributed by atoms with van der Waals surface area (Å²) in [5, 5.41) is 19.8. The van der Waals surface area contributed by atoms with Crippen LogP contribution in [0.2, 0.25) is 0 Å². The molecule has 0 aromatic heterocycles. The van der Waals surface area contributed by atoms with Crippen molar-refractivity contribution < 1.29 is 9.66 Å². The molecule has 0 atom stereocenters. The molecule has 0 aliphatic carbocycles. The third kappa shape index (κ3) is 2.95. The van der Waals surface area contributed by atoms with Gasteiger partial charge in [0.2, 0.25) is 5.75 Å². The Hall–Kier alpha value is -2.39. The molecular weight excluding hydrogens is 324 g/mol. The number of nitriles is 1. The molecule has 2 aromatic carbocycles. The molecule has 0 spiro atoms. The van der Waals surface area contributed by atoms with Crippen molar-refractivity contribution in [2.45, 2.75) is 6.92 Å². The monoisotopic (exact) mass is 332 g/mol. The van der Waals surface area contributed by atoms with Crippen molar-refractivity contribution in [2.24, 2.45) is 0 Å². The number of ether oxygens (including phenoxy) is 1. The number of nitro groups is 1. The lowest BCUT2D eigenvalue weighted by atomic mass is 10.2. The summed E-state index contributed by atoms with van der Waals surface area (Å²) in [6, 6.07) is 11.5. The molecule has 2 aromatic rings. The Bertz CT molecular complexity index is 723. The maximum atomic E-state index is 11.0. The van der Waals surface area contributed by atoms with Crippen molar-refractivity contribution in [3.63, 3.8) is 0 Å². The third-order valence-corrected chi connectivity index (χ3v) is 3.21. The first-order chi connectivity index (χ1) is 9.51. The summed E-state index contributed by atoms with van der Waals surface area (Å²) >= 11 is 3.28. The van der Waals surface area contributed by atoms with Crippen LogP contribution in [-0.4, -0.2) is 4.92 Å². The summed E-state index contributed by atoms with van der Waals surface area (Å²) in [7, 11) is 0. The Balaban J connectivity index is 2.40. The molecule has 0 saturated carbocycles. The minimum Gasteiger partial charge on any atom is -0.449 e. The lowest BCUT2D eigenvalue weighted by molar-refractivity contribution is -0.385. The Morgan fingerprint density at radius 3 is 2.55 bits per heavy atom. The van der Waals surface area contributed by atoms with Gasteiger partial charge in [-0.05, 0) is 52.7 Å². The third-order valence-electron chi connectivity index (χ3n) is 2.59. The number of rotatable bonds is 3. The van der Waals surface area contributed by atoms with E-state index in [4.69, 9.17) is 10.00 Å². The van der Waals surface area contributed by atoms with E-state index in [0.717, 1.165) is 5.56 Å². The molecule has 0 heterocycles. The van der Waals surface area contributed by atoms with Crippen LogP contribution in [0.5, 0.6) is 11.5 Å². The van der Waals surface area contributed by atoms with Crippen LogP contribution in [0.4, 0.5) is 5.69 Å². The van der Waals surface area contributed by atoms with Gasteiger partial charge in [0.15, 0.2) is 0 Å². The van der Waals surface area contributed by atoms with Crippen molar-refractivity contribution in [3.8, 4) is 17.6 Å². The van der Waals surface area contributed by atoms with Crippen LogP contribution >= 0.6 is 15.9 Å². The lowest BCUT2D eigenvalue weighted by Gasteiger charge is -2.08. The molecule has 20 heavy (non-hydrogen) atoms. The summed E-state index contributed by atoms with van der Waals surface area (Å²) in [5.74, 6) is 0.571. The van der Waals surface area contributed by atoms with E-state index in [9.17, 15) is 10.1 Å². The Kier molecular flexibility index (Phi) is 4.01. The van der Waals surface area contributed by atoms with E-state index in [1.54, 1.807) is 37.3 Å². The minimum atomic E-state index is -0.486. The topological polar surface area (TPSA) is 76.2 Å². The number of benzene rings is 2. The fourth-order valence-electron chi connectivity index (χ4n) is 1.63. The van der Waals surface area contributed by atoms with Gasteiger partial charge in [0.1, 0.15) is 5.75 Å². The molecule has 0 bridgehead atoms. The Morgan fingerprint density at radius 2 is 1.95 bits per heavy atom. The fraction of sp³-hybridized carbons (Fsp3) is 0.0714. The summed E-state index contributed by atoms with van der Waals surface area (Å²) in [4.78, 5) is 10.5. The maximum Gasteiger partial charge on any atom is 0.311 e. The highest BCUT2D eigenvalue weighted by Crippen LogP contribution is 2.35. The van der Waals surface area contributed by atoms with E-state index < -0.39 is 4.92 Å². The van der Waals surface area contributed by atoms with Gasteiger partial charge < -0.3 is 4.74 Å². The molecule has 0 N–H and O–H groups in total. The Labute approximate surface area is 123 Å². The highest BCUT2D eigenvalue weighted by Gasteiger charge is 2.16. The highest BCUT2D eigenvalue weighted by molar-refractivity contribution is 9.10. The van der Waals surface area contributed by atoms with Gasteiger partial charge in [0.05, 0.1) is 21.0 Å². The second-order valence-electron chi connectivity index (χ2n) is 4.09. The molecule has 0 fully saturated rings. The number of nitrogens with zero attached hydrogens (tertiary/aromatic N) is 2. The van der Waals surface area contributed by atoms with Crippen LogP contribution in [0.25, 0.3) is 0 Å². The van der Waals surface area contributed by atoms with Gasteiger partial charge in [-0.1, -0.05) is 6.07 Å². The number of aryl methyl sites for hydroxylation is 1. The lowest BCUT2D eigenvalue weighted by Crippen LogP contribution is -1.94. The smallest absolute Gasteiger partial charge is 0.311 e. The van der Waals surface area contributed by atoms with Crippen molar-refractivity contribution in [1.82, 2.24) is 0 Å². The molecule has 100 valence electrons. The molecule has 6 heteroatoms. The normalized spacial score (nSPS) is 9.85. The first-order valence-electron chi connectivity index (χ1n) is 5.64. The van der Waals surface area contributed by atoms with Crippen LogP contribution in [0, 0.1) is 28.4 Å². The van der Waals surface area contributed by atoms with Crippen LogP contribution in [-0.2, 0) is 0 Å². The average molecular weight is 333 g/mol. The van der Waals surface area contributed by atoms with Crippen molar-refractivity contribution in [3.05, 3.63) is 62.1 Å². The van der Waals surface area contributed by atoms with E-state index >= 15 is 0 Å². The minimum absolute atomic E-state index is 0.0961. The predicted molar refractivity (Wildman–Crippen MR) is 76.8 cm³/mol. The number of hydrogen-bond donors (Lipinski definition) is 0. The van der Waals surface area contributed by atoms with Gasteiger partial charge in [-0.3, -0.25) is 10.1 Å². The first-order valence-corrected chi connectivity index (χ1v) is 6.43. The highest BCUT2D eigenvalue weighted by atomic mass is 79.9. The SMILES string of the molecule is Cc1ccc(Oc2ccc(C#N)cc2Br)c([N+](=O)[O-])c1. The van der Waals surface area contributed by atoms with Crippen LogP contribution in [0.1, 0.15) is 11.1 Å². The number of hydrogen-bond acceptors (Lipinski definition) is 4. The van der Waals surface area contributed by atoms with E-state index in [0.29, 0.717) is 15.8 Å². The summed E-state index contributed by atoms with van der Waals surface area (Å²) in [6.07, 6.45) is 0. The molecular formula is C14H9BrN2O3. The quantitative estimate of drug-likeness (QED) is 0.619. The van der Waals surface area contributed by atoms with Gasteiger partial charge in [-0.2, -0.15) is 5.26 Å². The second kappa shape index (κ2) is 5.72. The number of nitro benzene ring substituents is 1. The average Bonchev–Trinajstić information content (AvgIpc) is 2.42. The van der Waals surface area contributed by atoms with Gasteiger partial charge in [-0.15, -0.1) is 0 Å². The van der Waals surface area contributed by atoms with Crippen LogP contribution in [0.3, 0.4) is 0 Å². The van der Waals surface area contributed by atoms with Crippen molar-refractivity contribution in [2.75, 3.05) is 0 Å². The van der Waals surface area contributed by atoms with Crippen molar-refractivity contribution >= 4 is 21.6 Å². The van der Waals surface area contributed by atoms with E-state index in [1.165, 1.54) is 6.07 Å². The van der Waals surface area contributed by atoms with Gasteiger partial charge in [0, 0.05) is 6.07 Å². The second-order valence-corrected chi connectivity index (χ2v) is 4.94. The van der Waals surface area contributed by atoms with E-state index in [-0.39, 0.29) is 11.4 Å². The zero-order valence-electron chi connectivity index (χ0n) is 10.5. The molecule has 0 aliphatic heterocycles. The molecule has 2 rings (SSSR count).